The summed E-state index contributed by atoms with van der Waals surface area (Å²) in [5, 5.41) is 0.345. The van der Waals surface area contributed by atoms with Gasteiger partial charge in [0.15, 0.2) is 6.10 Å². The minimum Gasteiger partial charge on any atom is -0.360 e. The average molecular weight is 268 g/mol. The first-order valence-corrected chi connectivity index (χ1v) is 5.40. The van der Waals surface area contributed by atoms with Gasteiger partial charge in [-0.15, -0.1) is 0 Å². The largest absolute Gasteiger partial charge is 0.414 e. The summed E-state index contributed by atoms with van der Waals surface area (Å²) in [6.45, 7) is 0.879. The Morgan fingerprint density at radius 3 is 2.41 bits per heavy atom. The second-order valence-corrected chi connectivity index (χ2v) is 3.97. The molecule has 0 radical (unpaired) electrons. The lowest BCUT2D eigenvalue weighted by Gasteiger charge is -2.24. The SMILES string of the molecule is CC(OC(CN)c1ccccc1Cl)C(F)(F)F. The molecule has 6 heteroatoms. The smallest absolute Gasteiger partial charge is 0.360 e. The summed E-state index contributed by atoms with van der Waals surface area (Å²) in [4.78, 5) is 0. The Bertz CT molecular complexity index is 370. The van der Waals surface area contributed by atoms with Crippen molar-refractivity contribution in [3.63, 3.8) is 0 Å². The maximum absolute atomic E-state index is 12.4. The molecule has 0 aromatic heterocycles. The van der Waals surface area contributed by atoms with E-state index in [4.69, 9.17) is 22.1 Å². The summed E-state index contributed by atoms with van der Waals surface area (Å²) in [5.41, 5.74) is 5.88. The predicted octanol–water partition coefficient (Wildman–Crippen LogP) is 3.31. The lowest BCUT2D eigenvalue weighted by atomic mass is 10.1. The third-order valence-electron chi connectivity index (χ3n) is 2.30. The van der Waals surface area contributed by atoms with Crippen molar-refractivity contribution >= 4 is 11.6 Å². The van der Waals surface area contributed by atoms with Crippen LogP contribution in [0.2, 0.25) is 5.02 Å². The van der Waals surface area contributed by atoms with Crippen molar-refractivity contribution in [2.24, 2.45) is 5.73 Å². The number of alkyl halides is 3. The Kier molecular flexibility index (Phi) is 4.80. The van der Waals surface area contributed by atoms with Gasteiger partial charge in [-0.1, -0.05) is 29.8 Å². The normalized spacial score (nSPS) is 15.6. The van der Waals surface area contributed by atoms with Crippen molar-refractivity contribution in [1.29, 1.82) is 0 Å². The van der Waals surface area contributed by atoms with Crippen LogP contribution < -0.4 is 5.73 Å². The van der Waals surface area contributed by atoms with Gasteiger partial charge in [-0.3, -0.25) is 0 Å². The molecule has 96 valence electrons. The molecule has 0 saturated carbocycles. The van der Waals surface area contributed by atoms with Crippen LogP contribution in [0.25, 0.3) is 0 Å². The van der Waals surface area contributed by atoms with E-state index in [1.54, 1.807) is 24.3 Å². The molecule has 0 aliphatic rings. The molecular weight excluding hydrogens is 255 g/mol. The van der Waals surface area contributed by atoms with E-state index in [9.17, 15) is 13.2 Å². The van der Waals surface area contributed by atoms with E-state index in [1.807, 2.05) is 0 Å². The van der Waals surface area contributed by atoms with E-state index in [2.05, 4.69) is 0 Å². The zero-order valence-corrected chi connectivity index (χ0v) is 9.92. The Balaban J connectivity index is 2.83. The molecular formula is C11H13ClF3NO. The summed E-state index contributed by atoms with van der Waals surface area (Å²) >= 11 is 5.88. The number of nitrogens with two attached hydrogens (primary N) is 1. The molecule has 2 N–H and O–H groups in total. The number of ether oxygens (including phenoxy) is 1. The Labute approximate surface area is 103 Å². The monoisotopic (exact) mass is 267 g/mol. The van der Waals surface area contributed by atoms with E-state index in [1.165, 1.54) is 0 Å². The average Bonchev–Trinajstić information content (AvgIpc) is 2.25. The van der Waals surface area contributed by atoms with Gasteiger partial charge in [-0.05, 0) is 13.0 Å². The highest BCUT2D eigenvalue weighted by Crippen LogP contribution is 2.30. The molecule has 1 aromatic rings. The summed E-state index contributed by atoms with van der Waals surface area (Å²) < 4.78 is 42.0. The van der Waals surface area contributed by atoms with Crippen LogP contribution in [0.1, 0.15) is 18.6 Å². The van der Waals surface area contributed by atoms with Gasteiger partial charge in [0.05, 0.1) is 6.10 Å². The van der Waals surface area contributed by atoms with Crippen molar-refractivity contribution in [2.75, 3.05) is 6.54 Å². The number of rotatable bonds is 4. The molecule has 0 aliphatic carbocycles. The molecule has 0 amide bonds. The lowest BCUT2D eigenvalue weighted by Crippen LogP contribution is -2.32. The van der Waals surface area contributed by atoms with Gasteiger partial charge in [0.25, 0.3) is 0 Å². The van der Waals surface area contributed by atoms with Gasteiger partial charge in [0.1, 0.15) is 0 Å². The van der Waals surface area contributed by atoms with E-state index in [0.717, 1.165) is 6.92 Å². The van der Waals surface area contributed by atoms with E-state index < -0.39 is 18.4 Å². The number of hydrogen-bond acceptors (Lipinski definition) is 2. The van der Waals surface area contributed by atoms with Gasteiger partial charge in [-0.25, -0.2) is 0 Å². The van der Waals surface area contributed by atoms with Crippen molar-refractivity contribution in [2.45, 2.75) is 25.3 Å². The standard InChI is InChI=1S/C11H13ClF3NO/c1-7(11(13,14)15)17-10(6-16)8-4-2-3-5-9(8)12/h2-5,7,10H,6,16H2,1H3. The topological polar surface area (TPSA) is 35.2 Å². The molecule has 0 saturated heterocycles. The molecule has 0 bridgehead atoms. The molecule has 2 nitrogen and oxygen atoms in total. The van der Waals surface area contributed by atoms with Crippen molar-refractivity contribution in [3.8, 4) is 0 Å². The van der Waals surface area contributed by atoms with E-state index in [-0.39, 0.29) is 6.54 Å². The molecule has 0 aliphatic heterocycles. The Morgan fingerprint density at radius 2 is 1.94 bits per heavy atom. The summed E-state index contributed by atoms with van der Waals surface area (Å²) in [7, 11) is 0. The minimum atomic E-state index is -4.41. The van der Waals surface area contributed by atoms with Gasteiger partial charge < -0.3 is 10.5 Å². The quantitative estimate of drug-likeness (QED) is 0.908. The third-order valence-corrected chi connectivity index (χ3v) is 2.64. The molecule has 0 fully saturated rings. The van der Waals surface area contributed by atoms with Gasteiger partial charge in [0, 0.05) is 17.1 Å². The van der Waals surface area contributed by atoms with Crippen LogP contribution in [-0.4, -0.2) is 18.8 Å². The van der Waals surface area contributed by atoms with Crippen molar-refractivity contribution in [3.05, 3.63) is 34.9 Å². The van der Waals surface area contributed by atoms with Crippen LogP contribution in [0.5, 0.6) is 0 Å². The zero-order chi connectivity index (χ0) is 13.1. The first-order chi connectivity index (χ1) is 7.86. The van der Waals surface area contributed by atoms with Gasteiger partial charge in [0.2, 0.25) is 0 Å². The van der Waals surface area contributed by atoms with Crippen LogP contribution in [0, 0.1) is 0 Å². The second-order valence-electron chi connectivity index (χ2n) is 3.57. The molecule has 17 heavy (non-hydrogen) atoms. The van der Waals surface area contributed by atoms with Gasteiger partial charge in [-0.2, -0.15) is 13.2 Å². The number of hydrogen-bond donors (Lipinski definition) is 1. The second kappa shape index (κ2) is 5.71. The summed E-state index contributed by atoms with van der Waals surface area (Å²) in [6.07, 6.45) is -7.15. The van der Waals surface area contributed by atoms with Gasteiger partial charge >= 0.3 is 6.18 Å². The molecule has 0 spiro atoms. The number of halogens is 4. The highest BCUT2D eigenvalue weighted by molar-refractivity contribution is 6.31. The van der Waals surface area contributed by atoms with Crippen LogP contribution >= 0.6 is 11.6 Å². The van der Waals surface area contributed by atoms with Crippen LogP contribution in [-0.2, 0) is 4.74 Å². The molecule has 0 heterocycles. The summed E-state index contributed by atoms with van der Waals surface area (Å²) in [5.74, 6) is 0. The maximum Gasteiger partial charge on any atom is 0.414 e. The summed E-state index contributed by atoms with van der Waals surface area (Å²) in [6, 6.07) is 6.54. The van der Waals surface area contributed by atoms with Crippen LogP contribution in [0.15, 0.2) is 24.3 Å². The van der Waals surface area contributed by atoms with Crippen molar-refractivity contribution < 1.29 is 17.9 Å². The van der Waals surface area contributed by atoms with Crippen LogP contribution in [0.4, 0.5) is 13.2 Å². The van der Waals surface area contributed by atoms with E-state index >= 15 is 0 Å². The zero-order valence-electron chi connectivity index (χ0n) is 9.17. The van der Waals surface area contributed by atoms with Crippen LogP contribution in [0.3, 0.4) is 0 Å². The van der Waals surface area contributed by atoms with Crippen molar-refractivity contribution in [1.82, 2.24) is 0 Å². The fourth-order valence-electron chi connectivity index (χ4n) is 1.32. The fraction of sp³-hybridized carbons (Fsp3) is 0.455. The minimum absolute atomic E-state index is 0.0653. The molecule has 1 rings (SSSR count). The lowest BCUT2D eigenvalue weighted by molar-refractivity contribution is -0.226. The first-order valence-electron chi connectivity index (χ1n) is 5.03. The highest BCUT2D eigenvalue weighted by Gasteiger charge is 2.38. The first kappa shape index (κ1) is 14.3. The molecule has 2 atom stereocenters. The Morgan fingerprint density at radius 1 is 1.35 bits per heavy atom. The highest BCUT2D eigenvalue weighted by atomic mass is 35.5. The predicted molar refractivity (Wildman–Crippen MR) is 59.8 cm³/mol. The number of benzene rings is 1. The molecule has 1 aromatic carbocycles. The maximum atomic E-state index is 12.4. The fourth-order valence-corrected chi connectivity index (χ4v) is 1.57. The molecule has 2 unspecified atom stereocenters. The Hall–Kier alpha value is -0.780. The third kappa shape index (κ3) is 3.87. The van der Waals surface area contributed by atoms with E-state index in [0.29, 0.717) is 10.6 Å².